The van der Waals surface area contributed by atoms with E-state index in [1.54, 1.807) is 5.06 Å². The van der Waals surface area contributed by atoms with E-state index >= 15 is 0 Å². The fourth-order valence-electron chi connectivity index (χ4n) is 2.07. The topological polar surface area (TPSA) is 62.2 Å². The lowest BCUT2D eigenvalue weighted by Crippen LogP contribution is -2.40. The Morgan fingerprint density at radius 3 is 2.76 bits per heavy atom. The maximum atomic E-state index is 11.8. The van der Waals surface area contributed by atoms with E-state index in [1.165, 1.54) is 0 Å². The summed E-state index contributed by atoms with van der Waals surface area (Å²) in [6, 6.07) is 0. The number of carbonyl (C=O) groups is 1. The molecule has 98 valence electrons. The van der Waals surface area contributed by atoms with E-state index < -0.39 is 0 Å². The van der Waals surface area contributed by atoms with Crippen LogP contribution in [0.25, 0.3) is 0 Å². The molecule has 17 heavy (non-hydrogen) atoms. The van der Waals surface area contributed by atoms with Crippen LogP contribution in [0.15, 0.2) is 0 Å². The lowest BCUT2D eigenvalue weighted by molar-refractivity contribution is -0.137. The number of carbonyl (C=O) groups excluding carboxylic acids is 1. The molecule has 0 unspecified atom stereocenters. The molecule has 0 spiro atoms. The van der Waals surface area contributed by atoms with Gasteiger partial charge in [-0.05, 0) is 6.42 Å². The molecule has 0 aromatic carbocycles. The molecule has 2 heterocycles. The second kappa shape index (κ2) is 6.30. The van der Waals surface area contributed by atoms with E-state index in [1.807, 2.05) is 4.90 Å². The van der Waals surface area contributed by atoms with Crippen molar-refractivity contribution in [3.63, 3.8) is 0 Å². The van der Waals surface area contributed by atoms with Gasteiger partial charge in [-0.2, -0.15) is 5.06 Å². The van der Waals surface area contributed by atoms with Crippen molar-refractivity contribution in [1.29, 1.82) is 0 Å². The van der Waals surface area contributed by atoms with Gasteiger partial charge in [-0.25, -0.2) is 0 Å². The van der Waals surface area contributed by atoms with Crippen LogP contribution >= 0.6 is 0 Å². The van der Waals surface area contributed by atoms with Gasteiger partial charge in [-0.3, -0.25) is 9.63 Å². The van der Waals surface area contributed by atoms with Gasteiger partial charge in [0.2, 0.25) is 5.91 Å². The van der Waals surface area contributed by atoms with Gasteiger partial charge in [0, 0.05) is 26.1 Å². The molecule has 6 heteroatoms. The number of amides is 1. The smallest absolute Gasteiger partial charge is 0.222 e. The van der Waals surface area contributed by atoms with E-state index in [4.69, 9.17) is 9.57 Å². The molecule has 0 radical (unpaired) electrons. The summed E-state index contributed by atoms with van der Waals surface area (Å²) >= 11 is 0. The van der Waals surface area contributed by atoms with Crippen molar-refractivity contribution in [2.45, 2.75) is 18.9 Å². The normalized spacial score (nSPS) is 26.4. The number of nitrogens with zero attached hydrogens (tertiary/aromatic N) is 2. The number of aliphatic hydroxyl groups excluding tert-OH is 1. The minimum atomic E-state index is -0.384. The number of morpholine rings is 1. The van der Waals surface area contributed by atoms with Gasteiger partial charge < -0.3 is 14.7 Å². The zero-order chi connectivity index (χ0) is 12.1. The number of aliphatic hydroxyl groups is 1. The molecule has 2 fully saturated rings. The van der Waals surface area contributed by atoms with E-state index in [2.05, 4.69) is 0 Å². The summed E-state index contributed by atoms with van der Waals surface area (Å²) in [6.07, 6.45) is 0.920. The zero-order valence-electron chi connectivity index (χ0n) is 10.0. The number of ether oxygens (including phenoxy) is 1. The summed E-state index contributed by atoms with van der Waals surface area (Å²) in [7, 11) is 0. The van der Waals surface area contributed by atoms with Crippen molar-refractivity contribution in [3.05, 3.63) is 0 Å². The van der Waals surface area contributed by atoms with Crippen molar-refractivity contribution >= 4 is 5.91 Å². The monoisotopic (exact) mass is 244 g/mol. The molecule has 1 atom stereocenters. The zero-order valence-corrected chi connectivity index (χ0v) is 10.0. The lowest BCUT2D eigenvalue weighted by Gasteiger charge is -2.27. The van der Waals surface area contributed by atoms with Crippen LogP contribution in [0, 0.1) is 0 Å². The van der Waals surface area contributed by atoms with Crippen LogP contribution in [0.2, 0.25) is 0 Å². The van der Waals surface area contributed by atoms with E-state index in [-0.39, 0.29) is 12.0 Å². The maximum absolute atomic E-state index is 11.8. The van der Waals surface area contributed by atoms with Gasteiger partial charge in [0.25, 0.3) is 0 Å². The Bertz CT molecular complexity index is 256. The standard InChI is InChI=1S/C11H20N2O4/c14-10-8-13(17-9-10)3-1-2-11(15)12-4-6-16-7-5-12/h10,14H,1-9H2/t10-/m0/s1. The number of β-amino-alcohol motifs (C(OH)–C–C–N with tert-alkyl or cyclic N) is 1. The minimum absolute atomic E-state index is 0.188. The Kier molecular flexibility index (Phi) is 4.73. The molecule has 2 aliphatic rings. The van der Waals surface area contributed by atoms with Crippen LogP contribution < -0.4 is 0 Å². The Morgan fingerprint density at radius 2 is 2.12 bits per heavy atom. The number of rotatable bonds is 4. The highest BCUT2D eigenvalue weighted by Gasteiger charge is 2.21. The molecule has 2 aliphatic heterocycles. The van der Waals surface area contributed by atoms with Gasteiger partial charge in [-0.15, -0.1) is 0 Å². The SMILES string of the molecule is O=C(CCCN1C[C@H](O)CO1)N1CCOCC1. The van der Waals surface area contributed by atoms with Crippen LogP contribution in [0.4, 0.5) is 0 Å². The van der Waals surface area contributed by atoms with Crippen LogP contribution in [0.5, 0.6) is 0 Å². The molecule has 6 nitrogen and oxygen atoms in total. The van der Waals surface area contributed by atoms with Gasteiger partial charge in [-0.1, -0.05) is 0 Å². The third kappa shape index (κ3) is 3.92. The second-order valence-corrected chi connectivity index (χ2v) is 4.43. The first-order chi connectivity index (χ1) is 8.25. The largest absolute Gasteiger partial charge is 0.389 e. The Morgan fingerprint density at radius 1 is 1.35 bits per heavy atom. The minimum Gasteiger partial charge on any atom is -0.389 e. The van der Waals surface area contributed by atoms with Crippen molar-refractivity contribution < 1.29 is 19.5 Å². The summed E-state index contributed by atoms with van der Waals surface area (Å²) < 4.78 is 5.20. The highest BCUT2D eigenvalue weighted by atomic mass is 16.7. The average molecular weight is 244 g/mol. The Balaban J connectivity index is 1.59. The predicted molar refractivity (Wildman–Crippen MR) is 60.2 cm³/mol. The molecule has 0 aliphatic carbocycles. The fourth-order valence-corrected chi connectivity index (χ4v) is 2.07. The van der Waals surface area contributed by atoms with E-state index in [0.29, 0.717) is 52.4 Å². The molecular formula is C11H20N2O4. The second-order valence-electron chi connectivity index (χ2n) is 4.43. The summed E-state index contributed by atoms with van der Waals surface area (Å²) in [6.45, 7) is 4.33. The van der Waals surface area contributed by atoms with Crippen LogP contribution in [0.1, 0.15) is 12.8 Å². The van der Waals surface area contributed by atoms with E-state index in [0.717, 1.165) is 6.42 Å². The van der Waals surface area contributed by atoms with Crippen molar-refractivity contribution in [1.82, 2.24) is 9.96 Å². The van der Waals surface area contributed by atoms with Crippen molar-refractivity contribution in [2.24, 2.45) is 0 Å². The summed E-state index contributed by atoms with van der Waals surface area (Å²) in [5.74, 6) is 0.188. The summed E-state index contributed by atoms with van der Waals surface area (Å²) in [5, 5.41) is 11.0. The van der Waals surface area contributed by atoms with Gasteiger partial charge in [0.05, 0.1) is 32.5 Å². The molecular weight excluding hydrogens is 224 g/mol. The number of hydrogen-bond donors (Lipinski definition) is 1. The highest BCUT2D eigenvalue weighted by Crippen LogP contribution is 2.08. The lowest BCUT2D eigenvalue weighted by atomic mass is 10.2. The summed E-state index contributed by atoms with van der Waals surface area (Å²) in [5.41, 5.74) is 0. The van der Waals surface area contributed by atoms with Crippen LogP contribution in [-0.4, -0.2) is 73.1 Å². The molecule has 0 aromatic heterocycles. The average Bonchev–Trinajstić information content (AvgIpc) is 2.76. The number of hydroxylamine groups is 2. The highest BCUT2D eigenvalue weighted by molar-refractivity contribution is 5.76. The van der Waals surface area contributed by atoms with Gasteiger partial charge in [0.15, 0.2) is 0 Å². The molecule has 2 rings (SSSR count). The Hall–Kier alpha value is -0.690. The molecule has 0 saturated carbocycles. The van der Waals surface area contributed by atoms with Gasteiger partial charge in [0.1, 0.15) is 0 Å². The fraction of sp³-hybridized carbons (Fsp3) is 0.909. The predicted octanol–water partition coefficient (Wildman–Crippen LogP) is -0.766. The summed E-state index contributed by atoms with van der Waals surface area (Å²) in [4.78, 5) is 18.9. The Labute approximate surface area is 101 Å². The molecule has 2 saturated heterocycles. The molecule has 1 N–H and O–H groups in total. The van der Waals surface area contributed by atoms with Crippen molar-refractivity contribution in [2.75, 3.05) is 46.0 Å². The van der Waals surface area contributed by atoms with Crippen LogP contribution in [0.3, 0.4) is 0 Å². The van der Waals surface area contributed by atoms with E-state index in [9.17, 15) is 9.90 Å². The molecule has 0 aromatic rings. The number of hydrogen-bond acceptors (Lipinski definition) is 5. The third-order valence-corrected chi connectivity index (χ3v) is 3.03. The maximum Gasteiger partial charge on any atom is 0.222 e. The quantitative estimate of drug-likeness (QED) is 0.704. The first kappa shape index (κ1) is 12.8. The van der Waals surface area contributed by atoms with Crippen molar-refractivity contribution in [3.8, 4) is 0 Å². The van der Waals surface area contributed by atoms with Gasteiger partial charge >= 0.3 is 0 Å². The first-order valence-electron chi connectivity index (χ1n) is 6.17. The third-order valence-electron chi connectivity index (χ3n) is 3.03. The molecule has 1 amide bonds. The van der Waals surface area contributed by atoms with Crippen LogP contribution in [-0.2, 0) is 14.4 Å². The molecule has 0 bridgehead atoms. The first-order valence-corrected chi connectivity index (χ1v) is 6.17.